The van der Waals surface area contributed by atoms with Gasteiger partial charge in [-0.15, -0.1) is 0 Å². The molecule has 2 amide bonds. The Kier molecular flexibility index (Phi) is 7.00. The first-order valence-corrected chi connectivity index (χ1v) is 13.0. The molecule has 2 aliphatic rings. The van der Waals surface area contributed by atoms with Crippen molar-refractivity contribution in [3.8, 4) is 5.75 Å². The van der Waals surface area contributed by atoms with Crippen LogP contribution in [0.5, 0.6) is 5.75 Å². The van der Waals surface area contributed by atoms with Crippen LogP contribution >= 0.6 is 11.6 Å². The zero-order valence-electron chi connectivity index (χ0n) is 20.2. The van der Waals surface area contributed by atoms with Crippen molar-refractivity contribution in [3.05, 3.63) is 64.3 Å². The number of para-hydroxylation sites is 1. The molecule has 1 saturated heterocycles. The Morgan fingerprint density at radius 1 is 1.17 bits per heavy atom. The Bertz CT molecular complexity index is 1240. The van der Waals surface area contributed by atoms with E-state index in [4.69, 9.17) is 16.3 Å². The van der Waals surface area contributed by atoms with Crippen LogP contribution in [0.15, 0.2) is 42.6 Å². The van der Waals surface area contributed by atoms with Gasteiger partial charge >= 0.3 is 0 Å². The molecule has 0 saturated carbocycles. The quantitative estimate of drug-likeness (QED) is 0.462. The Morgan fingerprint density at radius 3 is 2.80 bits per heavy atom. The van der Waals surface area contributed by atoms with Crippen LogP contribution in [0.25, 0.3) is 10.9 Å². The molecular formula is C28H32ClN3O3. The molecule has 5 rings (SSSR count). The monoisotopic (exact) mass is 493 g/mol. The SMILES string of the molecule is CCCCNC(=O)Cn1cc(C(=O)N2CCC(c3cccc4c3OCC4)CC2)c2ccc(Cl)cc21. The fraction of sp³-hybridized carbons (Fsp3) is 0.429. The lowest BCUT2D eigenvalue weighted by atomic mass is 9.87. The van der Waals surface area contributed by atoms with Crippen LogP contribution < -0.4 is 10.1 Å². The van der Waals surface area contributed by atoms with Gasteiger partial charge in [0.15, 0.2) is 0 Å². The molecule has 3 aromatic rings. The van der Waals surface area contributed by atoms with E-state index in [2.05, 4.69) is 30.4 Å². The van der Waals surface area contributed by atoms with E-state index < -0.39 is 0 Å². The van der Waals surface area contributed by atoms with Crippen molar-refractivity contribution in [3.63, 3.8) is 0 Å². The molecule has 0 atom stereocenters. The van der Waals surface area contributed by atoms with Crippen molar-refractivity contribution in [2.75, 3.05) is 26.2 Å². The number of halogens is 1. The number of rotatable bonds is 7. The number of hydrogen-bond donors (Lipinski definition) is 1. The minimum Gasteiger partial charge on any atom is -0.493 e. The number of ether oxygens (including phenoxy) is 1. The smallest absolute Gasteiger partial charge is 0.256 e. The summed E-state index contributed by atoms with van der Waals surface area (Å²) in [6, 6.07) is 12.0. The number of carbonyl (C=O) groups excluding carboxylic acids is 2. The van der Waals surface area contributed by atoms with Crippen LogP contribution in [0, 0.1) is 0 Å². The molecule has 0 unspecified atom stereocenters. The highest BCUT2D eigenvalue weighted by molar-refractivity contribution is 6.31. The largest absolute Gasteiger partial charge is 0.493 e. The Balaban J connectivity index is 1.32. The summed E-state index contributed by atoms with van der Waals surface area (Å²) in [7, 11) is 0. The zero-order valence-corrected chi connectivity index (χ0v) is 20.9. The maximum Gasteiger partial charge on any atom is 0.256 e. The van der Waals surface area contributed by atoms with E-state index in [0.29, 0.717) is 36.1 Å². The molecule has 0 bridgehead atoms. The highest BCUT2D eigenvalue weighted by atomic mass is 35.5. The third-order valence-electron chi connectivity index (χ3n) is 7.21. The molecule has 2 aromatic carbocycles. The summed E-state index contributed by atoms with van der Waals surface area (Å²) in [6.45, 7) is 5.07. The summed E-state index contributed by atoms with van der Waals surface area (Å²) in [5.41, 5.74) is 4.01. The van der Waals surface area contributed by atoms with E-state index in [1.807, 2.05) is 27.8 Å². The second kappa shape index (κ2) is 10.3. The first-order valence-electron chi connectivity index (χ1n) is 12.6. The summed E-state index contributed by atoms with van der Waals surface area (Å²) < 4.78 is 7.76. The number of fused-ring (bicyclic) bond motifs is 2. The van der Waals surface area contributed by atoms with Crippen LogP contribution in [0.4, 0.5) is 0 Å². The van der Waals surface area contributed by atoms with Gasteiger partial charge in [-0.2, -0.15) is 0 Å². The molecule has 2 aliphatic heterocycles. The predicted molar refractivity (Wildman–Crippen MR) is 138 cm³/mol. The minimum atomic E-state index is -0.0623. The number of benzene rings is 2. The summed E-state index contributed by atoms with van der Waals surface area (Å²) in [6.07, 6.45) is 6.59. The normalized spacial score (nSPS) is 15.8. The first-order chi connectivity index (χ1) is 17.0. The molecule has 1 fully saturated rings. The fourth-order valence-electron chi connectivity index (χ4n) is 5.31. The standard InChI is InChI=1S/C28H32ClN3O3/c1-2-3-12-30-26(33)18-32-17-24(23-8-7-21(29)16-25(23)32)28(34)31-13-9-19(10-14-31)22-6-4-5-20-11-15-35-27(20)22/h4-8,16-17,19H,2-3,9-15,18H2,1H3,(H,30,33). The summed E-state index contributed by atoms with van der Waals surface area (Å²) in [4.78, 5) is 28.0. The maximum atomic E-state index is 13.6. The van der Waals surface area contributed by atoms with E-state index in [0.717, 1.165) is 55.4 Å². The lowest BCUT2D eigenvalue weighted by molar-refractivity contribution is -0.121. The van der Waals surface area contributed by atoms with E-state index >= 15 is 0 Å². The van der Waals surface area contributed by atoms with Gasteiger partial charge in [-0.05, 0) is 48.4 Å². The summed E-state index contributed by atoms with van der Waals surface area (Å²) in [5.74, 6) is 1.41. The molecular weight excluding hydrogens is 462 g/mol. The van der Waals surface area contributed by atoms with Crippen LogP contribution in [0.1, 0.15) is 60.0 Å². The van der Waals surface area contributed by atoms with Gasteiger partial charge in [0.1, 0.15) is 12.3 Å². The third kappa shape index (κ3) is 4.90. The van der Waals surface area contributed by atoms with Crippen molar-refractivity contribution in [1.29, 1.82) is 0 Å². The summed E-state index contributed by atoms with van der Waals surface area (Å²) >= 11 is 6.26. The van der Waals surface area contributed by atoms with Crippen molar-refractivity contribution in [2.45, 2.75) is 51.5 Å². The highest BCUT2D eigenvalue weighted by Crippen LogP contribution is 2.39. The molecule has 0 aliphatic carbocycles. The molecule has 0 radical (unpaired) electrons. The molecule has 1 N–H and O–H groups in total. The Morgan fingerprint density at radius 2 is 2.00 bits per heavy atom. The van der Waals surface area contributed by atoms with Gasteiger partial charge in [0, 0.05) is 42.7 Å². The van der Waals surface area contributed by atoms with Crippen LogP contribution in [0.3, 0.4) is 0 Å². The van der Waals surface area contributed by atoms with Gasteiger partial charge in [-0.25, -0.2) is 0 Å². The fourth-order valence-corrected chi connectivity index (χ4v) is 5.47. The van der Waals surface area contributed by atoms with Crippen LogP contribution in [0.2, 0.25) is 5.02 Å². The number of aromatic nitrogens is 1. The average molecular weight is 494 g/mol. The molecule has 6 nitrogen and oxygen atoms in total. The van der Waals surface area contributed by atoms with Gasteiger partial charge in [-0.1, -0.05) is 49.2 Å². The third-order valence-corrected chi connectivity index (χ3v) is 7.44. The van der Waals surface area contributed by atoms with E-state index in [1.54, 1.807) is 6.07 Å². The number of unbranched alkanes of at least 4 members (excludes halogenated alkanes) is 1. The number of amides is 2. The van der Waals surface area contributed by atoms with Gasteiger partial charge in [0.2, 0.25) is 5.91 Å². The van der Waals surface area contributed by atoms with Crippen molar-refractivity contribution in [1.82, 2.24) is 14.8 Å². The van der Waals surface area contributed by atoms with E-state index in [9.17, 15) is 9.59 Å². The topological polar surface area (TPSA) is 63.6 Å². The molecule has 7 heteroatoms. The Hall–Kier alpha value is -2.99. The number of piperidine rings is 1. The highest BCUT2D eigenvalue weighted by Gasteiger charge is 2.29. The van der Waals surface area contributed by atoms with Gasteiger partial charge in [-0.3, -0.25) is 9.59 Å². The maximum absolute atomic E-state index is 13.6. The van der Waals surface area contributed by atoms with Gasteiger partial charge < -0.3 is 19.5 Å². The molecule has 1 aromatic heterocycles. The lowest BCUT2D eigenvalue weighted by Crippen LogP contribution is -2.38. The predicted octanol–water partition coefficient (Wildman–Crippen LogP) is 5.17. The molecule has 3 heterocycles. The molecule has 0 spiro atoms. The number of nitrogens with one attached hydrogen (secondary N) is 1. The second-order valence-corrected chi connectivity index (χ2v) is 9.97. The molecule has 35 heavy (non-hydrogen) atoms. The number of carbonyl (C=O) groups is 2. The minimum absolute atomic E-state index is 0.00968. The molecule has 184 valence electrons. The Labute approximate surface area is 211 Å². The van der Waals surface area contributed by atoms with Crippen LogP contribution in [-0.4, -0.2) is 47.5 Å². The van der Waals surface area contributed by atoms with Crippen molar-refractivity contribution in [2.24, 2.45) is 0 Å². The van der Waals surface area contributed by atoms with E-state index in [-0.39, 0.29) is 18.4 Å². The average Bonchev–Trinajstić information content (AvgIpc) is 3.49. The number of hydrogen-bond acceptors (Lipinski definition) is 3. The van der Waals surface area contributed by atoms with E-state index in [1.165, 1.54) is 11.1 Å². The van der Waals surface area contributed by atoms with Gasteiger partial charge in [0.05, 0.1) is 17.7 Å². The first kappa shape index (κ1) is 23.7. The second-order valence-electron chi connectivity index (χ2n) is 9.54. The zero-order chi connectivity index (χ0) is 24.4. The lowest BCUT2D eigenvalue weighted by Gasteiger charge is -2.32. The van der Waals surface area contributed by atoms with Crippen molar-refractivity contribution >= 4 is 34.3 Å². The van der Waals surface area contributed by atoms with Gasteiger partial charge in [0.25, 0.3) is 5.91 Å². The van der Waals surface area contributed by atoms with Crippen LogP contribution in [-0.2, 0) is 17.8 Å². The van der Waals surface area contributed by atoms with Crippen molar-refractivity contribution < 1.29 is 14.3 Å². The number of nitrogens with zero attached hydrogens (tertiary/aromatic N) is 2. The summed E-state index contributed by atoms with van der Waals surface area (Å²) in [5, 5.41) is 4.37. The number of likely N-dealkylation sites (tertiary alicyclic amines) is 1.